The molecule has 0 bridgehead atoms. The first kappa shape index (κ1) is 10.4. The Kier molecular flexibility index (Phi) is 2.72. The van der Waals surface area contributed by atoms with E-state index >= 15 is 0 Å². The van der Waals surface area contributed by atoms with E-state index in [2.05, 4.69) is 5.32 Å². The second-order valence-electron chi connectivity index (χ2n) is 3.47. The van der Waals surface area contributed by atoms with Crippen LogP contribution in [0.15, 0.2) is 24.3 Å². The largest absolute Gasteiger partial charge is 0.449 e. The van der Waals surface area contributed by atoms with E-state index in [1.54, 1.807) is 12.1 Å². The summed E-state index contributed by atoms with van der Waals surface area (Å²) in [4.78, 5) is 21.0. The zero-order valence-electron chi connectivity index (χ0n) is 8.38. The van der Waals surface area contributed by atoms with Gasteiger partial charge in [-0.25, -0.2) is 4.79 Å². The SMILES string of the molecule is O=C1N[C@H](c2ccc([N+](=O)[O-])cc2)CCO1. The van der Waals surface area contributed by atoms with Gasteiger partial charge in [0, 0.05) is 18.6 Å². The average Bonchev–Trinajstić information content (AvgIpc) is 2.29. The first-order valence-electron chi connectivity index (χ1n) is 4.84. The third kappa shape index (κ3) is 2.10. The van der Waals surface area contributed by atoms with Crippen LogP contribution >= 0.6 is 0 Å². The summed E-state index contributed by atoms with van der Waals surface area (Å²) in [5, 5.41) is 13.1. The number of alkyl carbamates (subject to hydrolysis) is 1. The summed E-state index contributed by atoms with van der Waals surface area (Å²) < 4.78 is 4.73. The van der Waals surface area contributed by atoms with Gasteiger partial charge in [0.2, 0.25) is 0 Å². The highest BCUT2D eigenvalue weighted by Crippen LogP contribution is 2.22. The number of nitrogens with zero attached hydrogens (tertiary/aromatic N) is 1. The van der Waals surface area contributed by atoms with Gasteiger partial charge in [-0.3, -0.25) is 10.1 Å². The van der Waals surface area contributed by atoms with E-state index in [-0.39, 0.29) is 11.7 Å². The first-order valence-corrected chi connectivity index (χ1v) is 4.84. The molecule has 1 atom stereocenters. The van der Waals surface area contributed by atoms with Crippen molar-refractivity contribution in [3.8, 4) is 0 Å². The Labute approximate surface area is 91.4 Å². The van der Waals surface area contributed by atoms with Gasteiger partial charge < -0.3 is 10.1 Å². The van der Waals surface area contributed by atoms with Crippen LogP contribution in [0.3, 0.4) is 0 Å². The third-order valence-corrected chi connectivity index (χ3v) is 2.44. The molecule has 0 aliphatic carbocycles. The van der Waals surface area contributed by atoms with Gasteiger partial charge in [0.15, 0.2) is 0 Å². The standard InChI is InChI=1S/C10H10N2O4/c13-10-11-9(5-6-16-10)7-1-3-8(4-2-7)12(14)15/h1-4,9H,5-6H2,(H,11,13)/t9-/m0/s1. The van der Waals surface area contributed by atoms with Crippen molar-refractivity contribution in [2.75, 3.05) is 6.61 Å². The quantitative estimate of drug-likeness (QED) is 0.610. The van der Waals surface area contributed by atoms with Crippen LogP contribution in [0.1, 0.15) is 18.0 Å². The molecule has 16 heavy (non-hydrogen) atoms. The number of non-ortho nitro benzene ring substituents is 1. The van der Waals surface area contributed by atoms with Crippen LogP contribution in [0.25, 0.3) is 0 Å². The number of ether oxygens (including phenoxy) is 1. The molecule has 0 unspecified atom stereocenters. The third-order valence-electron chi connectivity index (χ3n) is 2.44. The zero-order chi connectivity index (χ0) is 11.5. The van der Waals surface area contributed by atoms with E-state index in [0.717, 1.165) is 5.56 Å². The summed E-state index contributed by atoms with van der Waals surface area (Å²) in [7, 11) is 0. The molecule has 6 heteroatoms. The minimum absolute atomic E-state index is 0.0436. The fraction of sp³-hybridized carbons (Fsp3) is 0.300. The van der Waals surface area contributed by atoms with Gasteiger partial charge in [0.1, 0.15) is 0 Å². The highest BCUT2D eigenvalue weighted by Gasteiger charge is 2.21. The maximum Gasteiger partial charge on any atom is 0.407 e. The maximum atomic E-state index is 11.0. The predicted molar refractivity (Wildman–Crippen MR) is 54.9 cm³/mol. The molecule has 1 fully saturated rings. The molecular formula is C10H10N2O4. The molecule has 6 nitrogen and oxygen atoms in total. The lowest BCUT2D eigenvalue weighted by atomic mass is 10.0. The lowest BCUT2D eigenvalue weighted by molar-refractivity contribution is -0.384. The van der Waals surface area contributed by atoms with Crippen molar-refractivity contribution in [2.24, 2.45) is 0 Å². The van der Waals surface area contributed by atoms with Gasteiger partial charge in [-0.2, -0.15) is 0 Å². The molecule has 0 aromatic heterocycles. The number of amides is 1. The Hall–Kier alpha value is -2.11. The minimum atomic E-state index is -0.452. The van der Waals surface area contributed by atoms with Crippen molar-refractivity contribution in [1.82, 2.24) is 5.32 Å². The Morgan fingerprint density at radius 3 is 2.62 bits per heavy atom. The van der Waals surface area contributed by atoms with Crippen LogP contribution in [-0.4, -0.2) is 17.6 Å². The van der Waals surface area contributed by atoms with Crippen LogP contribution < -0.4 is 5.32 Å². The number of nitro groups is 1. The summed E-state index contributed by atoms with van der Waals surface area (Å²) in [6, 6.07) is 6.03. The molecule has 84 valence electrons. The summed E-state index contributed by atoms with van der Waals surface area (Å²) in [5.41, 5.74) is 0.893. The summed E-state index contributed by atoms with van der Waals surface area (Å²) in [5.74, 6) is 0. The smallest absolute Gasteiger partial charge is 0.407 e. The first-order chi connectivity index (χ1) is 7.66. The number of nitrogens with one attached hydrogen (secondary N) is 1. The lowest BCUT2D eigenvalue weighted by Crippen LogP contribution is -2.35. The Bertz CT molecular complexity index is 415. The molecule has 1 heterocycles. The molecule has 1 aromatic carbocycles. The zero-order valence-corrected chi connectivity index (χ0v) is 8.38. The van der Waals surface area contributed by atoms with Crippen LogP contribution in [0.4, 0.5) is 10.5 Å². The van der Waals surface area contributed by atoms with Crippen molar-refractivity contribution >= 4 is 11.8 Å². The molecule has 2 rings (SSSR count). The topological polar surface area (TPSA) is 81.5 Å². The molecule has 1 aliphatic heterocycles. The highest BCUT2D eigenvalue weighted by atomic mass is 16.6. The average molecular weight is 222 g/mol. The van der Waals surface area contributed by atoms with Crippen LogP contribution in [0.2, 0.25) is 0 Å². The Balaban J connectivity index is 2.14. The number of benzene rings is 1. The number of nitro benzene ring substituents is 1. The van der Waals surface area contributed by atoms with Crippen LogP contribution in [0.5, 0.6) is 0 Å². The van der Waals surface area contributed by atoms with E-state index < -0.39 is 11.0 Å². The molecule has 0 spiro atoms. The lowest BCUT2D eigenvalue weighted by Gasteiger charge is -2.23. The number of carbonyl (C=O) groups is 1. The van der Waals surface area contributed by atoms with E-state index in [1.165, 1.54) is 12.1 Å². The summed E-state index contributed by atoms with van der Waals surface area (Å²) in [6.45, 7) is 0.369. The number of carbonyl (C=O) groups excluding carboxylic acids is 1. The number of hydrogen-bond acceptors (Lipinski definition) is 4. The number of cyclic esters (lactones) is 1. The van der Waals surface area contributed by atoms with E-state index in [0.29, 0.717) is 13.0 Å². The second-order valence-corrected chi connectivity index (χ2v) is 3.47. The molecular weight excluding hydrogens is 212 g/mol. The van der Waals surface area contributed by atoms with E-state index in [9.17, 15) is 14.9 Å². The Morgan fingerprint density at radius 2 is 2.06 bits per heavy atom. The van der Waals surface area contributed by atoms with Gasteiger partial charge in [-0.05, 0) is 5.56 Å². The molecule has 1 amide bonds. The van der Waals surface area contributed by atoms with Gasteiger partial charge >= 0.3 is 6.09 Å². The van der Waals surface area contributed by atoms with Crippen molar-refractivity contribution < 1.29 is 14.5 Å². The number of hydrogen-bond donors (Lipinski definition) is 1. The van der Waals surface area contributed by atoms with Gasteiger partial charge in [0.05, 0.1) is 17.6 Å². The van der Waals surface area contributed by atoms with Crippen molar-refractivity contribution in [3.63, 3.8) is 0 Å². The maximum absolute atomic E-state index is 11.0. The van der Waals surface area contributed by atoms with Crippen molar-refractivity contribution in [3.05, 3.63) is 39.9 Å². The molecule has 1 aliphatic rings. The van der Waals surface area contributed by atoms with E-state index in [4.69, 9.17) is 4.74 Å². The summed E-state index contributed by atoms with van der Waals surface area (Å²) >= 11 is 0. The highest BCUT2D eigenvalue weighted by molar-refractivity contribution is 5.68. The second kappa shape index (κ2) is 4.18. The van der Waals surface area contributed by atoms with Crippen LogP contribution in [0, 0.1) is 10.1 Å². The predicted octanol–water partition coefficient (Wildman–Crippen LogP) is 1.77. The van der Waals surface area contributed by atoms with Crippen LogP contribution in [-0.2, 0) is 4.74 Å². The fourth-order valence-corrected chi connectivity index (χ4v) is 1.60. The normalized spacial score (nSPS) is 19.8. The van der Waals surface area contributed by atoms with Gasteiger partial charge in [-0.1, -0.05) is 12.1 Å². The Morgan fingerprint density at radius 1 is 1.38 bits per heavy atom. The van der Waals surface area contributed by atoms with Crippen molar-refractivity contribution in [1.29, 1.82) is 0 Å². The van der Waals surface area contributed by atoms with E-state index in [1.807, 2.05) is 0 Å². The molecule has 1 aromatic rings. The fourth-order valence-electron chi connectivity index (χ4n) is 1.60. The molecule has 0 saturated carbocycles. The summed E-state index contributed by atoms with van der Waals surface area (Å²) in [6.07, 6.45) is 0.221. The molecule has 1 saturated heterocycles. The van der Waals surface area contributed by atoms with Crippen molar-refractivity contribution in [2.45, 2.75) is 12.5 Å². The number of rotatable bonds is 2. The monoisotopic (exact) mass is 222 g/mol. The van der Waals surface area contributed by atoms with Gasteiger partial charge in [0.25, 0.3) is 5.69 Å². The molecule has 1 N–H and O–H groups in total. The van der Waals surface area contributed by atoms with Gasteiger partial charge in [-0.15, -0.1) is 0 Å². The molecule has 0 radical (unpaired) electrons. The minimum Gasteiger partial charge on any atom is -0.449 e.